The standard InChI is InChI=1S/C29H34N4/c1-2-18-17-33-14-12-23-21-8-4-6-10-25(21)32-29(23)27(33)16-19(18)15-26-28-22(11-13-30-26)20-7-3-5-9-24(20)31-28/h3-10,18-19,26-27,30-32H,2,11-17H2,1H3/t18-,19+,26-,27+/m1/s1. The smallest absolute Gasteiger partial charge is 0.0504 e. The second-order valence-corrected chi connectivity index (χ2v) is 10.5. The van der Waals surface area contributed by atoms with Crippen molar-refractivity contribution in [1.82, 2.24) is 20.2 Å². The third-order valence-corrected chi connectivity index (χ3v) is 8.96. The van der Waals surface area contributed by atoms with Crippen molar-refractivity contribution in [2.45, 2.75) is 51.1 Å². The Balaban J connectivity index is 1.21. The van der Waals surface area contributed by atoms with E-state index in [9.17, 15) is 0 Å². The predicted octanol–water partition coefficient (Wildman–Crippen LogP) is 5.87. The van der Waals surface area contributed by atoms with Crippen molar-refractivity contribution >= 4 is 21.8 Å². The van der Waals surface area contributed by atoms with Crippen LogP contribution in [0.15, 0.2) is 48.5 Å². The van der Waals surface area contributed by atoms with Gasteiger partial charge in [-0.3, -0.25) is 4.90 Å². The largest absolute Gasteiger partial charge is 0.357 e. The van der Waals surface area contributed by atoms with E-state index in [1.54, 1.807) is 11.1 Å². The number of aromatic nitrogens is 2. The maximum Gasteiger partial charge on any atom is 0.0504 e. The van der Waals surface area contributed by atoms with Crippen LogP contribution in [0.1, 0.15) is 60.8 Å². The fourth-order valence-electron chi connectivity index (χ4n) is 7.30. The van der Waals surface area contributed by atoms with E-state index in [1.165, 1.54) is 72.0 Å². The monoisotopic (exact) mass is 438 g/mol. The molecule has 0 aliphatic carbocycles. The number of nitrogens with zero attached hydrogens (tertiary/aromatic N) is 1. The van der Waals surface area contributed by atoms with Crippen LogP contribution < -0.4 is 5.32 Å². The van der Waals surface area contributed by atoms with E-state index in [2.05, 4.69) is 75.6 Å². The molecule has 0 bridgehead atoms. The van der Waals surface area contributed by atoms with Gasteiger partial charge in [-0.1, -0.05) is 49.7 Å². The van der Waals surface area contributed by atoms with Crippen molar-refractivity contribution in [3.63, 3.8) is 0 Å². The van der Waals surface area contributed by atoms with Crippen molar-refractivity contribution in [2.75, 3.05) is 19.6 Å². The summed E-state index contributed by atoms with van der Waals surface area (Å²) in [5.41, 5.74) is 8.70. The lowest BCUT2D eigenvalue weighted by molar-refractivity contribution is 0.0419. The molecule has 0 amide bonds. The Kier molecular flexibility index (Phi) is 4.66. The van der Waals surface area contributed by atoms with E-state index in [-0.39, 0.29) is 0 Å². The number of benzene rings is 2. The summed E-state index contributed by atoms with van der Waals surface area (Å²) in [6.07, 6.45) is 6.09. The summed E-state index contributed by atoms with van der Waals surface area (Å²) in [4.78, 5) is 10.4. The average molecular weight is 439 g/mol. The van der Waals surface area contributed by atoms with Crippen LogP contribution in [0.2, 0.25) is 0 Å². The van der Waals surface area contributed by atoms with Gasteiger partial charge in [0.15, 0.2) is 0 Å². The molecular weight excluding hydrogens is 404 g/mol. The van der Waals surface area contributed by atoms with Gasteiger partial charge in [0.1, 0.15) is 0 Å². The molecule has 0 radical (unpaired) electrons. The minimum atomic E-state index is 0.442. The second-order valence-electron chi connectivity index (χ2n) is 10.5. The number of nitrogens with one attached hydrogen (secondary N) is 3. The van der Waals surface area contributed by atoms with Crippen LogP contribution in [0.4, 0.5) is 0 Å². The highest BCUT2D eigenvalue weighted by Crippen LogP contribution is 2.46. The number of aromatic amines is 2. The molecule has 0 saturated carbocycles. The van der Waals surface area contributed by atoms with E-state index in [4.69, 9.17) is 0 Å². The predicted molar refractivity (Wildman–Crippen MR) is 136 cm³/mol. The van der Waals surface area contributed by atoms with Gasteiger partial charge in [0.2, 0.25) is 0 Å². The summed E-state index contributed by atoms with van der Waals surface area (Å²) < 4.78 is 0. The topological polar surface area (TPSA) is 46.9 Å². The van der Waals surface area contributed by atoms with Crippen molar-refractivity contribution < 1.29 is 0 Å². The van der Waals surface area contributed by atoms with Crippen molar-refractivity contribution in [1.29, 1.82) is 0 Å². The van der Waals surface area contributed by atoms with Gasteiger partial charge in [0, 0.05) is 52.3 Å². The third kappa shape index (κ3) is 3.11. The van der Waals surface area contributed by atoms with Gasteiger partial charge in [-0.2, -0.15) is 0 Å². The van der Waals surface area contributed by atoms with Crippen LogP contribution in [-0.2, 0) is 12.8 Å². The van der Waals surface area contributed by atoms with Gasteiger partial charge in [-0.15, -0.1) is 0 Å². The van der Waals surface area contributed by atoms with Crippen molar-refractivity contribution in [2.24, 2.45) is 11.8 Å². The number of fused-ring (bicyclic) bond motifs is 8. The summed E-state index contributed by atoms with van der Waals surface area (Å²) in [6.45, 7) is 5.94. The van der Waals surface area contributed by atoms with Gasteiger partial charge in [0.25, 0.3) is 0 Å². The normalized spacial score (nSPS) is 27.4. The lowest BCUT2D eigenvalue weighted by Gasteiger charge is -2.47. The lowest BCUT2D eigenvalue weighted by Crippen LogP contribution is -2.46. The van der Waals surface area contributed by atoms with Gasteiger partial charge in [-0.25, -0.2) is 0 Å². The number of piperidine rings is 1. The van der Waals surface area contributed by atoms with Crippen LogP contribution in [0.25, 0.3) is 21.8 Å². The first-order valence-electron chi connectivity index (χ1n) is 13.0. The van der Waals surface area contributed by atoms with Gasteiger partial charge < -0.3 is 15.3 Å². The van der Waals surface area contributed by atoms with Gasteiger partial charge in [0.05, 0.1) is 6.04 Å². The number of hydrogen-bond acceptors (Lipinski definition) is 2. The molecule has 0 spiro atoms. The Morgan fingerprint density at radius 3 is 2.30 bits per heavy atom. The Morgan fingerprint density at radius 2 is 1.55 bits per heavy atom. The van der Waals surface area contributed by atoms with E-state index >= 15 is 0 Å². The zero-order chi connectivity index (χ0) is 21.9. The lowest BCUT2D eigenvalue weighted by atomic mass is 9.74. The number of rotatable bonds is 3. The molecule has 2 aromatic heterocycles. The Morgan fingerprint density at radius 1 is 0.848 bits per heavy atom. The Labute approximate surface area is 195 Å². The molecule has 3 N–H and O–H groups in total. The number of hydrogen-bond donors (Lipinski definition) is 3. The molecule has 7 rings (SSSR count). The van der Waals surface area contributed by atoms with Gasteiger partial charge >= 0.3 is 0 Å². The fraction of sp³-hybridized carbons (Fsp3) is 0.448. The zero-order valence-electron chi connectivity index (χ0n) is 19.5. The van der Waals surface area contributed by atoms with E-state index < -0.39 is 0 Å². The molecule has 3 aliphatic rings. The molecule has 4 nitrogen and oxygen atoms in total. The molecule has 1 saturated heterocycles. The number of H-pyrrole nitrogens is 2. The van der Waals surface area contributed by atoms with Crippen molar-refractivity contribution in [3.05, 3.63) is 71.0 Å². The highest BCUT2D eigenvalue weighted by Gasteiger charge is 2.41. The highest BCUT2D eigenvalue weighted by molar-refractivity contribution is 5.86. The van der Waals surface area contributed by atoms with Crippen LogP contribution in [0, 0.1) is 11.8 Å². The van der Waals surface area contributed by atoms with E-state index in [0.29, 0.717) is 12.1 Å². The molecule has 4 heteroatoms. The summed E-state index contributed by atoms with van der Waals surface area (Å²) >= 11 is 0. The Bertz CT molecular complexity index is 1310. The molecule has 170 valence electrons. The summed E-state index contributed by atoms with van der Waals surface area (Å²) in [5.74, 6) is 1.52. The first kappa shape index (κ1) is 19.9. The first-order valence-corrected chi connectivity index (χ1v) is 13.0. The molecule has 1 fully saturated rings. The SMILES string of the molecule is CC[C@@H]1CN2CCc3c([nH]c4ccccc34)[C@@H]2C[C@@H]1C[C@H]1NCCc2c1[nH]c1ccccc21. The van der Waals surface area contributed by atoms with E-state index in [1.807, 2.05) is 0 Å². The first-order chi connectivity index (χ1) is 16.3. The number of para-hydroxylation sites is 2. The minimum Gasteiger partial charge on any atom is -0.357 e. The molecule has 2 aromatic carbocycles. The van der Waals surface area contributed by atoms with Crippen molar-refractivity contribution in [3.8, 4) is 0 Å². The molecule has 4 aromatic rings. The second kappa shape index (κ2) is 7.75. The quantitative estimate of drug-likeness (QED) is 0.374. The zero-order valence-corrected chi connectivity index (χ0v) is 19.5. The minimum absolute atomic E-state index is 0.442. The molecule has 5 heterocycles. The molecule has 0 unspecified atom stereocenters. The van der Waals surface area contributed by atoms with Crippen LogP contribution in [0.3, 0.4) is 0 Å². The molecule has 33 heavy (non-hydrogen) atoms. The van der Waals surface area contributed by atoms with E-state index in [0.717, 1.165) is 24.8 Å². The highest BCUT2D eigenvalue weighted by atomic mass is 15.2. The summed E-state index contributed by atoms with van der Waals surface area (Å²) in [5, 5.41) is 6.76. The van der Waals surface area contributed by atoms with Gasteiger partial charge in [-0.05, 0) is 67.3 Å². The molecular formula is C29H34N4. The molecule has 4 atom stereocenters. The fourth-order valence-corrected chi connectivity index (χ4v) is 7.30. The summed E-state index contributed by atoms with van der Waals surface area (Å²) in [6, 6.07) is 18.7. The molecule has 3 aliphatic heterocycles. The maximum atomic E-state index is 3.89. The average Bonchev–Trinajstić information content (AvgIpc) is 3.43. The van der Waals surface area contributed by atoms with Crippen LogP contribution in [0.5, 0.6) is 0 Å². The Hall–Kier alpha value is -2.56. The third-order valence-electron chi connectivity index (χ3n) is 8.96. The van der Waals surface area contributed by atoms with Crippen LogP contribution >= 0.6 is 0 Å². The maximum absolute atomic E-state index is 3.89. The van der Waals surface area contributed by atoms with Crippen LogP contribution in [-0.4, -0.2) is 34.5 Å². The summed E-state index contributed by atoms with van der Waals surface area (Å²) in [7, 11) is 0.